The molecule has 0 saturated carbocycles. The zero-order valence-electron chi connectivity index (χ0n) is 18.1. The van der Waals surface area contributed by atoms with Gasteiger partial charge in [-0.15, -0.1) is 0 Å². The van der Waals surface area contributed by atoms with Crippen LogP contribution in [0.4, 0.5) is 0 Å². The van der Waals surface area contributed by atoms with Crippen LogP contribution in [0.3, 0.4) is 0 Å². The van der Waals surface area contributed by atoms with Crippen molar-refractivity contribution in [2.75, 3.05) is 19.6 Å². The molecule has 1 aliphatic rings. The lowest BCUT2D eigenvalue weighted by molar-refractivity contribution is -0.132. The third kappa shape index (κ3) is 5.05. The van der Waals surface area contributed by atoms with Crippen LogP contribution < -0.4 is 5.73 Å². The van der Waals surface area contributed by atoms with E-state index in [9.17, 15) is 4.79 Å². The zero-order chi connectivity index (χ0) is 22.3. The van der Waals surface area contributed by atoms with E-state index >= 15 is 0 Å². The number of nitriles is 1. The Morgan fingerprint density at radius 2 is 1.84 bits per heavy atom. The molecule has 1 unspecified atom stereocenters. The van der Waals surface area contributed by atoms with Gasteiger partial charge in [0.2, 0.25) is 5.91 Å². The zero-order valence-corrected chi connectivity index (χ0v) is 18.1. The lowest BCUT2D eigenvalue weighted by Crippen LogP contribution is -2.43. The molecule has 0 aliphatic carbocycles. The molecule has 4 rings (SSSR count). The summed E-state index contributed by atoms with van der Waals surface area (Å²) in [4.78, 5) is 21.6. The van der Waals surface area contributed by atoms with Crippen molar-refractivity contribution in [3.05, 3.63) is 89.5 Å². The Kier molecular flexibility index (Phi) is 6.95. The predicted octanol–water partition coefficient (Wildman–Crippen LogP) is 2.36. The molecule has 2 aromatic carbocycles. The molecule has 1 atom stereocenters. The molecule has 1 fully saturated rings. The van der Waals surface area contributed by atoms with Crippen LogP contribution in [-0.4, -0.2) is 50.9 Å². The Bertz CT molecular complexity index is 1070. The second-order valence-electron chi connectivity index (χ2n) is 8.13. The van der Waals surface area contributed by atoms with Crippen LogP contribution in [-0.2, 0) is 24.4 Å². The van der Waals surface area contributed by atoms with E-state index < -0.39 is 0 Å². The van der Waals surface area contributed by atoms with Crippen molar-refractivity contribution in [2.24, 2.45) is 5.73 Å². The summed E-state index contributed by atoms with van der Waals surface area (Å²) >= 11 is 0. The molecule has 1 aliphatic heterocycles. The van der Waals surface area contributed by atoms with Gasteiger partial charge in [-0.1, -0.05) is 42.5 Å². The fourth-order valence-electron chi connectivity index (χ4n) is 4.24. The quantitative estimate of drug-likeness (QED) is 0.565. The Morgan fingerprint density at radius 1 is 1.09 bits per heavy atom. The van der Waals surface area contributed by atoms with Crippen LogP contribution in [0.1, 0.15) is 28.8 Å². The molecule has 2 heterocycles. The first-order chi connectivity index (χ1) is 15.7. The first-order valence-corrected chi connectivity index (χ1v) is 10.9. The van der Waals surface area contributed by atoms with Crippen LogP contribution in [0, 0.1) is 11.3 Å². The Labute approximate surface area is 188 Å². The van der Waals surface area contributed by atoms with E-state index in [0.29, 0.717) is 38.3 Å². The maximum absolute atomic E-state index is 13.2. The minimum Gasteiger partial charge on any atom is -0.337 e. The molecule has 3 aromatic rings. The van der Waals surface area contributed by atoms with E-state index in [1.54, 1.807) is 0 Å². The van der Waals surface area contributed by atoms with Crippen LogP contribution in [0.25, 0.3) is 0 Å². The van der Waals surface area contributed by atoms with Crippen LogP contribution in [0.5, 0.6) is 0 Å². The van der Waals surface area contributed by atoms with Gasteiger partial charge in [-0.3, -0.25) is 9.69 Å². The largest absolute Gasteiger partial charge is 0.337 e. The molecular weight excluding hydrogens is 400 g/mol. The molecule has 164 valence electrons. The van der Waals surface area contributed by atoms with Crippen LogP contribution in [0.15, 0.2) is 67.1 Å². The third-order valence-electron chi connectivity index (χ3n) is 5.94. The van der Waals surface area contributed by atoms with Crippen LogP contribution >= 0.6 is 0 Å². The number of rotatable bonds is 9. The van der Waals surface area contributed by atoms with Crippen molar-refractivity contribution < 1.29 is 4.79 Å². The van der Waals surface area contributed by atoms with Gasteiger partial charge in [-0.25, -0.2) is 4.98 Å². The number of imidazole rings is 1. The topological polar surface area (TPSA) is 91.2 Å². The number of nitrogens with zero attached hydrogens (tertiary/aromatic N) is 5. The minimum atomic E-state index is -0.166. The standard InChI is InChI=1S/C25H28N6O/c26-11-13-29(24-10-12-30(25(24)32)16-21-4-2-1-3-5-21)18-23-15-28-19-31(23)17-22-8-6-20(14-27)7-9-22/h1-9,15,19,24H,10-13,16-18,26H2. The molecule has 32 heavy (non-hydrogen) atoms. The summed E-state index contributed by atoms with van der Waals surface area (Å²) in [6, 6.07) is 19.7. The van der Waals surface area contributed by atoms with E-state index in [-0.39, 0.29) is 11.9 Å². The first kappa shape index (κ1) is 21.8. The number of aromatic nitrogens is 2. The fraction of sp³-hybridized carbons (Fsp3) is 0.320. The van der Waals surface area contributed by atoms with Gasteiger partial charge in [0.15, 0.2) is 0 Å². The van der Waals surface area contributed by atoms with E-state index in [4.69, 9.17) is 11.0 Å². The number of benzene rings is 2. The van der Waals surface area contributed by atoms with E-state index in [1.165, 1.54) is 0 Å². The Balaban J connectivity index is 1.44. The lowest BCUT2D eigenvalue weighted by Gasteiger charge is -2.28. The number of hydrogen-bond donors (Lipinski definition) is 1. The summed E-state index contributed by atoms with van der Waals surface area (Å²) in [6.45, 7) is 3.82. The molecule has 2 N–H and O–H groups in total. The number of carbonyl (C=O) groups is 1. The van der Waals surface area contributed by atoms with Gasteiger partial charge in [0.05, 0.1) is 29.7 Å². The van der Waals surface area contributed by atoms with Crippen molar-refractivity contribution in [3.63, 3.8) is 0 Å². The number of likely N-dealkylation sites (tertiary alicyclic amines) is 1. The maximum Gasteiger partial charge on any atom is 0.240 e. The summed E-state index contributed by atoms with van der Waals surface area (Å²) in [5.74, 6) is 0.167. The van der Waals surface area contributed by atoms with E-state index in [1.807, 2.05) is 59.9 Å². The highest BCUT2D eigenvalue weighted by Gasteiger charge is 2.35. The lowest BCUT2D eigenvalue weighted by atomic mass is 10.1. The molecule has 1 amide bonds. The third-order valence-corrected chi connectivity index (χ3v) is 5.94. The normalized spacial score (nSPS) is 16.0. The number of amides is 1. The van der Waals surface area contributed by atoms with Gasteiger partial charge in [0, 0.05) is 45.5 Å². The highest BCUT2D eigenvalue weighted by molar-refractivity contribution is 5.84. The number of hydrogen-bond acceptors (Lipinski definition) is 5. The minimum absolute atomic E-state index is 0.166. The van der Waals surface area contributed by atoms with Gasteiger partial charge in [0.1, 0.15) is 0 Å². The highest BCUT2D eigenvalue weighted by atomic mass is 16.2. The van der Waals surface area contributed by atoms with Crippen molar-refractivity contribution in [3.8, 4) is 6.07 Å². The van der Waals surface area contributed by atoms with Gasteiger partial charge >= 0.3 is 0 Å². The average molecular weight is 429 g/mol. The first-order valence-electron chi connectivity index (χ1n) is 10.9. The van der Waals surface area contributed by atoms with Crippen molar-refractivity contribution in [1.29, 1.82) is 5.26 Å². The molecular formula is C25H28N6O. The summed E-state index contributed by atoms with van der Waals surface area (Å²) in [7, 11) is 0. The monoisotopic (exact) mass is 428 g/mol. The molecule has 0 spiro atoms. The Morgan fingerprint density at radius 3 is 2.56 bits per heavy atom. The van der Waals surface area contributed by atoms with Crippen molar-refractivity contribution in [2.45, 2.75) is 32.1 Å². The van der Waals surface area contributed by atoms with Gasteiger partial charge in [0.25, 0.3) is 0 Å². The summed E-state index contributed by atoms with van der Waals surface area (Å²) in [5.41, 5.74) is 9.83. The van der Waals surface area contributed by atoms with E-state index in [0.717, 1.165) is 29.8 Å². The molecule has 0 radical (unpaired) electrons. The van der Waals surface area contributed by atoms with Gasteiger partial charge in [-0.05, 0) is 29.7 Å². The van der Waals surface area contributed by atoms with Crippen molar-refractivity contribution >= 4 is 5.91 Å². The molecule has 7 nitrogen and oxygen atoms in total. The second-order valence-corrected chi connectivity index (χ2v) is 8.13. The fourth-order valence-corrected chi connectivity index (χ4v) is 4.24. The second kappa shape index (κ2) is 10.2. The summed E-state index contributed by atoms with van der Waals surface area (Å²) in [5, 5.41) is 8.99. The smallest absolute Gasteiger partial charge is 0.240 e. The number of nitrogens with two attached hydrogens (primary N) is 1. The highest BCUT2D eigenvalue weighted by Crippen LogP contribution is 2.22. The molecule has 1 aromatic heterocycles. The summed E-state index contributed by atoms with van der Waals surface area (Å²) in [6.07, 6.45) is 4.47. The maximum atomic E-state index is 13.2. The Hall–Kier alpha value is -3.47. The molecule has 0 bridgehead atoms. The average Bonchev–Trinajstić information content (AvgIpc) is 3.41. The van der Waals surface area contributed by atoms with Gasteiger partial charge in [-0.2, -0.15) is 5.26 Å². The summed E-state index contributed by atoms with van der Waals surface area (Å²) < 4.78 is 2.09. The SMILES string of the molecule is N#Cc1ccc(Cn2cncc2CN(CCN)C2CCN(Cc3ccccc3)C2=O)cc1. The number of carbonyl (C=O) groups excluding carboxylic acids is 1. The van der Waals surface area contributed by atoms with Crippen LogP contribution in [0.2, 0.25) is 0 Å². The molecule has 1 saturated heterocycles. The predicted molar refractivity (Wildman–Crippen MR) is 122 cm³/mol. The van der Waals surface area contributed by atoms with E-state index in [2.05, 4.69) is 32.7 Å². The molecule has 7 heteroatoms. The van der Waals surface area contributed by atoms with Crippen molar-refractivity contribution in [1.82, 2.24) is 19.4 Å². The van der Waals surface area contributed by atoms with Gasteiger partial charge < -0.3 is 15.2 Å².